The van der Waals surface area contributed by atoms with Gasteiger partial charge in [0.05, 0.1) is 5.54 Å². The van der Waals surface area contributed by atoms with E-state index in [4.69, 9.17) is 5.73 Å². The Labute approximate surface area is 128 Å². The van der Waals surface area contributed by atoms with Crippen LogP contribution in [0.5, 0.6) is 0 Å². The van der Waals surface area contributed by atoms with E-state index in [0.29, 0.717) is 18.1 Å². The fourth-order valence-electron chi connectivity index (χ4n) is 4.52. The first-order valence-electron chi connectivity index (χ1n) is 8.98. The third-order valence-electron chi connectivity index (χ3n) is 5.87. The summed E-state index contributed by atoms with van der Waals surface area (Å²) in [6.45, 7) is 3.51. The van der Waals surface area contributed by atoms with E-state index in [1.54, 1.807) is 0 Å². The summed E-state index contributed by atoms with van der Waals surface area (Å²) < 4.78 is 0. The molecule has 21 heavy (non-hydrogen) atoms. The number of nitrogens with two attached hydrogens (primary N) is 1. The van der Waals surface area contributed by atoms with Crippen LogP contribution in [0.4, 0.5) is 0 Å². The second-order valence-electron chi connectivity index (χ2n) is 7.41. The van der Waals surface area contributed by atoms with E-state index in [9.17, 15) is 4.79 Å². The van der Waals surface area contributed by atoms with Crippen LogP contribution >= 0.6 is 0 Å². The number of piperidine rings is 1. The molecule has 0 radical (unpaired) electrons. The quantitative estimate of drug-likeness (QED) is 0.817. The lowest BCUT2D eigenvalue weighted by molar-refractivity contribution is -0.127. The standard InChI is InChI=1S/C17H31N3O/c1-2-14-6-3-4-11-20(14)15-7-5-10-17(12-15,16(18)21)19-13-8-9-13/h13-15,19H,2-12H2,1H3,(H2,18,21). The van der Waals surface area contributed by atoms with Gasteiger partial charge in [0.1, 0.15) is 0 Å². The summed E-state index contributed by atoms with van der Waals surface area (Å²) in [7, 11) is 0. The van der Waals surface area contributed by atoms with Crippen LogP contribution in [0.25, 0.3) is 0 Å². The molecule has 3 fully saturated rings. The second-order valence-corrected chi connectivity index (χ2v) is 7.41. The summed E-state index contributed by atoms with van der Waals surface area (Å²) in [5.41, 5.74) is 5.39. The highest BCUT2D eigenvalue weighted by molar-refractivity contribution is 5.85. The molecule has 4 heteroatoms. The third-order valence-corrected chi connectivity index (χ3v) is 5.87. The van der Waals surface area contributed by atoms with Crippen molar-refractivity contribution in [3.05, 3.63) is 0 Å². The van der Waals surface area contributed by atoms with Crippen molar-refractivity contribution in [1.29, 1.82) is 0 Å². The van der Waals surface area contributed by atoms with Gasteiger partial charge < -0.3 is 11.1 Å². The number of hydrogen-bond donors (Lipinski definition) is 2. The average molecular weight is 293 g/mol. The predicted octanol–water partition coefficient (Wildman–Crippen LogP) is 2.17. The fraction of sp³-hybridized carbons (Fsp3) is 0.941. The zero-order valence-electron chi connectivity index (χ0n) is 13.4. The minimum Gasteiger partial charge on any atom is -0.368 e. The molecule has 3 aliphatic rings. The number of likely N-dealkylation sites (tertiary alicyclic amines) is 1. The van der Waals surface area contributed by atoms with E-state index in [-0.39, 0.29) is 5.91 Å². The van der Waals surface area contributed by atoms with Crippen molar-refractivity contribution in [1.82, 2.24) is 10.2 Å². The number of nitrogens with one attached hydrogen (secondary N) is 1. The molecule has 2 saturated carbocycles. The van der Waals surface area contributed by atoms with Gasteiger partial charge in [-0.3, -0.25) is 9.69 Å². The highest BCUT2D eigenvalue weighted by atomic mass is 16.1. The summed E-state index contributed by atoms with van der Waals surface area (Å²) in [5, 5.41) is 3.61. The van der Waals surface area contributed by atoms with Gasteiger partial charge in [-0.25, -0.2) is 0 Å². The lowest BCUT2D eigenvalue weighted by Crippen LogP contribution is -2.62. The van der Waals surface area contributed by atoms with Gasteiger partial charge in [-0.2, -0.15) is 0 Å². The van der Waals surface area contributed by atoms with Crippen LogP contribution in [0.15, 0.2) is 0 Å². The van der Waals surface area contributed by atoms with Crippen molar-refractivity contribution in [3.63, 3.8) is 0 Å². The lowest BCUT2D eigenvalue weighted by Gasteiger charge is -2.47. The van der Waals surface area contributed by atoms with Gasteiger partial charge in [0.15, 0.2) is 0 Å². The Morgan fingerprint density at radius 3 is 2.71 bits per heavy atom. The monoisotopic (exact) mass is 293 g/mol. The molecule has 2 aliphatic carbocycles. The van der Waals surface area contributed by atoms with E-state index in [1.807, 2.05) is 0 Å². The molecule has 3 unspecified atom stereocenters. The Hall–Kier alpha value is -0.610. The normalized spacial score (nSPS) is 38.3. The molecule has 3 rings (SSSR count). The molecule has 0 bridgehead atoms. The molecule has 0 aromatic rings. The molecule has 1 heterocycles. The fourth-order valence-corrected chi connectivity index (χ4v) is 4.52. The molecule has 120 valence electrons. The van der Waals surface area contributed by atoms with Crippen molar-refractivity contribution in [2.45, 2.75) is 94.8 Å². The molecule has 0 spiro atoms. The third kappa shape index (κ3) is 3.26. The van der Waals surface area contributed by atoms with Gasteiger partial charge in [0, 0.05) is 18.1 Å². The molecule has 1 aliphatic heterocycles. The Morgan fingerprint density at radius 1 is 1.24 bits per heavy atom. The number of carbonyl (C=O) groups excluding carboxylic acids is 1. The molecule has 0 aromatic heterocycles. The smallest absolute Gasteiger partial charge is 0.237 e. The Kier molecular flexibility index (Phi) is 4.55. The van der Waals surface area contributed by atoms with Crippen LogP contribution in [0.2, 0.25) is 0 Å². The van der Waals surface area contributed by atoms with E-state index in [2.05, 4.69) is 17.1 Å². The largest absolute Gasteiger partial charge is 0.368 e. The van der Waals surface area contributed by atoms with Crippen LogP contribution in [-0.4, -0.2) is 41.0 Å². The van der Waals surface area contributed by atoms with Crippen molar-refractivity contribution >= 4 is 5.91 Å². The first-order valence-corrected chi connectivity index (χ1v) is 8.98. The first-order chi connectivity index (χ1) is 10.1. The maximum Gasteiger partial charge on any atom is 0.237 e. The van der Waals surface area contributed by atoms with Gasteiger partial charge in [-0.1, -0.05) is 13.3 Å². The average Bonchev–Trinajstić information content (AvgIpc) is 3.31. The zero-order chi connectivity index (χ0) is 14.9. The SMILES string of the molecule is CCC1CCCCN1C1CCCC(NC2CC2)(C(N)=O)C1. The Bertz CT molecular complexity index is 382. The summed E-state index contributed by atoms with van der Waals surface area (Å²) in [6, 6.07) is 1.80. The molecule has 3 N–H and O–H groups in total. The predicted molar refractivity (Wildman–Crippen MR) is 85.0 cm³/mol. The molecule has 4 nitrogen and oxygen atoms in total. The van der Waals surface area contributed by atoms with Crippen LogP contribution in [0.1, 0.15) is 71.1 Å². The molecular weight excluding hydrogens is 262 g/mol. The van der Waals surface area contributed by atoms with Crippen molar-refractivity contribution < 1.29 is 4.79 Å². The molecule has 1 amide bonds. The van der Waals surface area contributed by atoms with Gasteiger partial charge in [0.25, 0.3) is 0 Å². The second kappa shape index (κ2) is 6.25. The highest BCUT2D eigenvalue weighted by Crippen LogP contribution is 2.37. The van der Waals surface area contributed by atoms with Crippen molar-refractivity contribution in [2.24, 2.45) is 5.73 Å². The van der Waals surface area contributed by atoms with E-state index in [1.165, 1.54) is 51.5 Å². The van der Waals surface area contributed by atoms with Gasteiger partial charge in [-0.05, 0) is 64.3 Å². The van der Waals surface area contributed by atoms with E-state index >= 15 is 0 Å². The number of amides is 1. The van der Waals surface area contributed by atoms with Crippen molar-refractivity contribution in [2.75, 3.05) is 6.54 Å². The summed E-state index contributed by atoms with van der Waals surface area (Å²) in [6.07, 6.45) is 11.9. The molecule has 1 saturated heterocycles. The number of primary amides is 1. The summed E-state index contributed by atoms with van der Waals surface area (Å²) >= 11 is 0. The lowest BCUT2D eigenvalue weighted by atomic mass is 9.76. The van der Waals surface area contributed by atoms with Crippen molar-refractivity contribution in [3.8, 4) is 0 Å². The number of carbonyl (C=O) groups is 1. The number of nitrogens with zero attached hydrogens (tertiary/aromatic N) is 1. The van der Waals surface area contributed by atoms with Gasteiger partial charge in [-0.15, -0.1) is 0 Å². The van der Waals surface area contributed by atoms with Gasteiger partial charge >= 0.3 is 0 Å². The molecule has 3 atom stereocenters. The Morgan fingerprint density at radius 2 is 2.05 bits per heavy atom. The number of hydrogen-bond acceptors (Lipinski definition) is 3. The molecule has 0 aromatic carbocycles. The van der Waals surface area contributed by atoms with Gasteiger partial charge in [0.2, 0.25) is 5.91 Å². The topological polar surface area (TPSA) is 58.4 Å². The van der Waals surface area contributed by atoms with E-state index < -0.39 is 5.54 Å². The minimum atomic E-state index is -0.431. The van der Waals surface area contributed by atoms with E-state index in [0.717, 1.165) is 19.3 Å². The zero-order valence-corrected chi connectivity index (χ0v) is 13.4. The van der Waals surface area contributed by atoms with Crippen LogP contribution in [-0.2, 0) is 4.79 Å². The maximum atomic E-state index is 12.2. The van der Waals surface area contributed by atoms with Crippen LogP contribution in [0.3, 0.4) is 0 Å². The maximum absolute atomic E-state index is 12.2. The van der Waals surface area contributed by atoms with Crippen LogP contribution in [0, 0.1) is 0 Å². The minimum absolute atomic E-state index is 0.121. The van der Waals surface area contributed by atoms with Crippen LogP contribution < -0.4 is 11.1 Å². The summed E-state index contributed by atoms with van der Waals surface area (Å²) in [4.78, 5) is 14.9. The number of rotatable bonds is 5. The highest BCUT2D eigenvalue weighted by Gasteiger charge is 2.46. The first kappa shape index (κ1) is 15.3. The molecular formula is C17H31N3O. The Balaban J connectivity index is 1.72. The summed E-state index contributed by atoms with van der Waals surface area (Å²) in [5.74, 6) is -0.121.